The largest absolute Gasteiger partial charge is 0.476 e. The molecule has 0 aliphatic carbocycles. The number of aromatic amines is 1. The van der Waals surface area contributed by atoms with Gasteiger partial charge in [0.05, 0.1) is 6.20 Å². The van der Waals surface area contributed by atoms with Crippen molar-refractivity contribution in [3.8, 4) is 5.88 Å². The molecule has 0 unspecified atom stereocenters. The van der Waals surface area contributed by atoms with Gasteiger partial charge in [-0.25, -0.2) is 0 Å². The van der Waals surface area contributed by atoms with Gasteiger partial charge in [0.2, 0.25) is 11.8 Å². The normalized spacial score (nSPS) is 11.3. The molecule has 0 aliphatic heterocycles. The van der Waals surface area contributed by atoms with E-state index in [1.807, 2.05) is 0 Å². The predicted octanol–water partition coefficient (Wildman–Crippen LogP) is 0.656. The molecule has 0 aliphatic rings. The first kappa shape index (κ1) is 12.6. The van der Waals surface area contributed by atoms with Crippen LogP contribution < -0.4 is 10.5 Å². The minimum atomic E-state index is 0.185. The van der Waals surface area contributed by atoms with E-state index >= 15 is 0 Å². The fraction of sp³-hybridized carbons (Fsp3) is 0.545. The Morgan fingerprint density at radius 1 is 1.33 bits per heavy atom. The summed E-state index contributed by atoms with van der Waals surface area (Å²) >= 11 is 0. The molecule has 0 saturated heterocycles. The van der Waals surface area contributed by atoms with Gasteiger partial charge in [0, 0.05) is 6.54 Å². The molecule has 0 fully saturated rings. The molecule has 0 spiro atoms. The van der Waals surface area contributed by atoms with Crippen molar-refractivity contribution in [1.29, 1.82) is 0 Å². The summed E-state index contributed by atoms with van der Waals surface area (Å²) < 4.78 is 5.66. The molecular weight excluding hydrogens is 232 g/mol. The van der Waals surface area contributed by atoms with E-state index in [4.69, 9.17) is 10.5 Å². The van der Waals surface area contributed by atoms with Gasteiger partial charge in [-0.2, -0.15) is 15.1 Å². The number of hydrogen-bond acceptors (Lipinski definition) is 6. The van der Waals surface area contributed by atoms with Crippen LogP contribution in [0.3, 0.4) is 0 Å². The van der Waals surface area contributed by atoms with Crippen LogP contribution in [0.15, 0.2) is 6.20 Å². The zero-order valence-electron chi connectivity index (χ0n) is 10.7. The second-order valence-electron chi connectivity index (χ2n) is 3.89. The lowest BCUT2D eigenvalue weighted by atomic mass is 10.4. The lowest BCUT2D eigenvalue weighted by molar-refractivity contribution is 0.219. The fourth-order valence-corrected chi connectivity index (χ4v) is 1.75. The number of ether oxygens (including phenoxy) is 1. The second-order valence-corrected chi connectivity index (χ2v) is 3.89. The molecule has 0 radical (unpaired) electrons. The monoisotopic (exact) mass is 250 g/mol. The maximum atomic E-state index is 5.66. The predicted molar refractivity (Wildman–Crippen MR) is 69.4 cm³/mol. The Morgan fingerprint density at radius 2 is 2.11 bits per heavy atom. The molecule has 0 atom stereocenters. The molecule has 2 rings (SSSR count). The van der Waals surface area contributed by atoms with Crippen LogP contribution in [-0.2, 0) is 0 Å². The molecule has 98 valence electrons. The summed E-state index contributed by atoms with van der Waals surface area (Å²) in [5.74, 6) is 0.669. The molecule has 18 heavy (non-hydrogen) atoms. The molecule has 0 aromatic carbocycles. The van der Waals surface area contributed by atoms with Gasteiger partial charge in [0.15, 0.2) is 5.65 Å². The summed E-state index contributed by atoms with van der Waals surface area (Å²) in [5.41, 5.74) is 6.20. The number of H-pyrrole nitrogens is 1. The lowest BCUT2D eigenvalue weighted by Crippen LogP contribution is -2.28. The molecule has 7 nitrogen and oxygen atoms in total. The number of anilines is 1. The zero-order valence-corrected chi connectivity index (χ0v) is 10.7. The van der Waals surface area contributed by atoms with Crippen molar-refractivity contribution in [2.45, 2.75) is 13.8 Å². The van der Waals surface area contributed by atoms with Crippen LogP contribution in [0.25, 0.3) is 11.0 Å². The van der Waals surface area contributed by atoms with Crippen LogP contribution >= 0.6 is 0 Å². The van der Waals surface area contributed by atoms with E-state index in [9.17, 15) is 0 Å². The standard InChI is InChI=1S/C11H18N6O/c1-3-17(4-2)5-6-18-10-8-7-13-16-9(8)14-11(12)15-10/h7H,3-6H2,1-2H3,(H3,12,13,14,15,16). The Labute approximate surface area is 105 Å². The van der Waals surface area contributed by atoms with Gasteiger partial charge in [-0.05, 0) is 13.1 Å². The van der Waals surface area contributed by atoms with Gasteiger partial charge in [0.1, 0.15) is 12.0 Å². The SMILES string of the molecule is CCN(CC)CCOc1nc(N)nc2[nH]ncc12. The van der Waals surface area contributed by atoms with Crippen molar-refractivity contribution in [3.63, 3.8) is 0 Å². The number of likely N-dealkylation sites (N-methyl/N-ethyl adjacent to an activating group) is 1. The number of nitrogens with one attached hydrogen (secondary N) is 1. The van der Waals surface area contributed by atoms with Crippen molar-refractivity contribution >= 4 is 17.0 Å². The minimum Gasteiger partial charge on any atom is -0.476 e. The highest BCUT2D eigenvalue weighted by Crippen LogP contribution is 2.20. The van der Waals surface area contributed by atoms with Crippen LogP contribution in [0.4, 0.5) is 5.95 Å². The third-order valence-corrected chi connectivity index (χ3v) is 2.83. The Balaban J connectivity index is 2.05. The quantitative estimate of drug-likeness (QED) is 0.782. The van der Waals surface area contributed by atoms with E-state index in [-0.39, 0.29) is 5.95 Å². The highest BCUT2D eigenvalue weighted by atomic mass is 16.5. The number of hydrogen-bond donors (Lipinski definition) is 2. The lowest BCUT2D eigenvalue weighted by Gasteiger charge is -2.17. The molecule has 2 aromatic rings. The molecule has 2 heterocycles. The van der Waals surface area contributed by atoms with Crippen LogP contribution in [-0.4, -0.2) is 51.3 Å². The first-order chi connectivity index (χ1) is 8.74. The average Bonchev–Trinajstić information content (AvgIpc) is 2.82. The second kappa shape index (κ2) is 5.63. The van der Waals surface area contributed by atoms with E-state index < -0.39 is 0 Å². The molecule has 2 aromatic heterocycles. The Morgan fingerprint density at radius 3 is 2.83 bits per heavy atom. The van der Waals surface area contributed by atoms with E-state index in [1.165, 1.54) is 0 Å². The van der Waals surface area contributed by atoms with Crippen molar-refractivity contribution in [3.05, 3.63) is 6.20 Å². The first-order valence-corrected chi connectivity index (χ1v) is 6.06. The van der Waals surface area contributed by atoms with Gasteiger partial charge in [0.25, 0.3) is 0 Å². The first-order valence-electron chi connectivity index (χ1n) is 6.06. The summed E-state index contributed by atoms with van der Waals surface area (Å²) in [7, 11) is 0. The number of nitrogens with zero attached hydrogens (tertiary/aromatic N) is 4. The van der Waals surface area contributed by atoms with E-state index in [2.05, 4.69) is 38.9 Å². The van der Waals surface area contributed by atoms with Crippen LogP contribution in [0.1, 0.15) is 13.8 Å². The summed E-state index contributed by atoms with van der Waals surface area (Å²) in [5, 5.41) is 7.41. The third-order valence-electron chi connectivity index (χ3n) is 2.83. The maximum absolute atomic E-state index is 5.66. The number of fused-ring (bicyclic) bond motifs is 1. The van der Waals surface area contributed by atoms with Crippen molar-refractivity contribution in [1.82, 2.24) is 25.1 Å². The van der Waals surface area contributed by atoms with E-state index in [1.54, 1.807) is 6.20 Å². The smallest absolute Gasteiger partial charge is 0.229 e. The van der Waals surface area contributed by atoms with Crippen molar-refractivity contribution in [2.75, 3.05) is 32.0 Å². The summed E-state index contributed by atoms with van der Waals surface area (Å²) in [4.78, 5) is 10.4. The summed E-state index contributed by atoms with van der Waals surface area (Å²) in [6.07, 6.45) is 1.64. The van der Waals surface area contributed by atoms with E-state index in [0.717, 1.165) is 25.0 Å². The number of aromatic nitrogens is 4. The van der Waals surface area contributed by atoms with Gasteiger partial charge in [-0.1, -0.05) is 13.8 Å². The van der Waals surface area contributed by atoms with Crippen molar-refractivity contribution < 1.29 is 4.74 Å². The Bertz CT molecular complexity index is 507. The molecule has 0 saturated carbocycles. The Hall–Kier alpha value is -1.89. The van der Waals surface area contributed by atoms with Gasteiger partial charge < -0.3 is 15.4 Å². The number of nitrogen functional groups attached to an aromatic ring is 1. The molecule has 0 bridgehead atoms. The maximum Gasteiger partial charge on any atom is 0.229 e. The average molecular weight is 250 g/mol. The molecule has 7 heteroatoms. The van der Waals surface area contributed by atoms with Crippen LogP contribution in [0.2, 0.25) is 0 Å². The Kier molecular flexibility index (Phi) is 3.93. The van der Waals surface area contributed by atoms with Gasteiger partial charge in [-0.3, -0.25) is 5.10 Å². The van der Waals surface area contributed by atoms with Gasteiger partial charge in [-0.15, -0.1) is 0 Å². The van der Waals surface area contributed by atoms with Crippen LogP contribution in [0.5, 0.6) is 5.88 Å². The molecular formula is C11H18N6O. The minimum absolute atomic E-state index is 0.185. The van der Waals surface area contributed by atoms with Crippen molar-refractivity contribution in [2.24, 2.45) is 0 Å². The highest BCUT2D eigenvalue weighted by Gasteiger charge is 2.09. The third kappa shape index (κ3) is 2.67. The van der Waals surface area contributed by atoms with Gasteiger partial charge >= 0.3 is 0 Å². The fourth-order valence-electron chi connectivity index (χ4n) is 1.75. The number of rotatable bonds is 6. The van der Waals surface area contributed by atoms with E-state index in [0.29, 0.717) is 18.1 Å². The zero-order chi connectivity index (χ0) is 13.0. The molecule has 3 N–H and O–H groups in total. The highest BCUT2D eigenvalue weighted by molar-refractivity contribution is 5.80. The molecule has 0 amide bonds. The topological polar surface area (TPSA) is 93.0 Å². The summed E-state index contributed by atoms with van der Waals surface area (Å²) in [6.45, 7) is 7.69. The summed E-state index contributed by atoms with van der Waals surface area (Å²) in [6, 6.07) is 0. The van der Waals surface area contributed by atoms with Crippen LogP contribution in [0, 0.1) is 0 Å². The number of nitrogens with two attached hydrogens (primary N) is 1.